The Kier molecular flexibility index (Phi) is 6.09. The third-order valence-corrected chi connectivity index (χ3v) is 5.12. The van der Waals surface area contributed by atoms with Crippen molar-refractivity contribution in [2.45, 2.75) is 84.4 Å². The fourth-order valence-electron chi connectivity index (χ4n) is 3.95. The van der Waals surface area contributed by atoms with Crippen LogP contribution in [0.2, 0.25) is 0 Å². The number of hydrogen-bond donors (Lipinski definition) is 0. The zero-order valence-corrected chi connectivity index (χ0v) is 17.6. The zero-order valence-electron chi connectivity index (χ0n) is 17.6. The lowest BCUT2D eigenvalue weighted by atomic mass is 9.94. The minimum absolute atomic E-state index is 0.218. The van der Waals surface area contributed by atoms with Crippen LogP contribution in [0.15, 0.2) is 18.3 Å². The normalized spacial score (nSPS) is 21.3. The lowest BCUT2D eigenvalue weighted by Crippen LogP contribution is -2.41. The summed E-state index contributed by atoms with van der Waals surface area (Å²) in [5.41, 5.74) is 0.670. The molecule has 2 heterocycles. The van der Waals surface area contributed by atoms with Crippen molar-refractivity contribution in [1.29, 1.82) is 0 Å². The van der Waals surface area contributed by atoms with Crippen LogP contribution in [0.1, 0.15) is 78.3 Å². The molecule has 1 atom stereocenters. The van der Waals surface area contributed by atoms with Gasteiger partial charge in [-0.1, -0.05) is 26.3 Å². The van der Waals surface area contributed by atoms with Crippen molar-refractivity contribution in [3.8, 4) is 0 Å². The molecule has 0 aromatic carbocycles. The van der Waals surface area contributed by atoms with E-state index in [-0.39, 0.29) is 12.1 Å². The molecule has 1 aromatic heterocycles. The number of anilines is 1. The number of carbonyl (C=O) groups excluding carboxylic acids is 1. The summed E-state index contributed by atoms with van der Waals surface area (Å²) in [5, 5.41) is 0. The Hall–Kier alpha value is -1.62. The Bertz CT molecular complexity index is 649. The molecule has 2 fully saturated rings. The fraction of sp³-hybridized carbons (Fsp3) is 0.727. The number of piperidine rings is 1. The summed E-state index contributed by atoms with van der Waals surface area (Å²) in [6.45, 7) is 12.5. The van der Waals surface area contributed by atoms with Crippen molar-refractivity contribution in [1.82, 2.24) is 9.88 Å². The van der Waals surface area contributed by atoms with E-state index in [2.05, 4.69) is 29.8 Å². The van der Waals surface area contributed by atoms with E-state index in [4.69, 9.17) is 4.74 Å². The van der Waals surface area contributed by atoms with E-state index in [9.17, 15) is 4.79 Å². The van der Waals surface area contributed by atoms with Crippen LogP contribution in [-0.4, -0.2) is 40.7 Å². The van der Waals surface area contributed by atoms with Crippen LogP contribution in [0.3, 0.4) is 0 Å². The van der Waals surface area contributed by atoms with E-state index < -0.39 is 5.60 Å². The number of hydrogen-bond acceptors (Lipinski definition) is 4. The second kappa shape index (κ2) is 8.17. The highest BCUT2D eigenvalue weighted by Gasteiger charge is 2.39. The number of likely N-dealkylation sites (tertiary alicyclic amines) is 1. The van der Waals surface area contributed by atoms with Gasteiger partial charge in [0, 0.05) is 30.4 Å². The van der Waals surface area contributed by atoms with Gasteiger partial charge in [-0.3, -0.25) is 9.80 Å². The molecule has 27 heavy (non-hydrogen) atoms. The summed E-state index contributed by atoms with van der Waals surface area (Å²) in [5.74, 6) is 1.42. The van der Waals surface area contributed by atoms with Gasteiger partial charge in [0.15, 0.2) is 0 Å². The van der Waals surface area contributed by atoms with Gasteiger partial charge >= 0.3 is 6.09 Å². The summed E-state index contributed by atoms with van der Waals surface area (Å²) in [6.07, 6.45) is 7.18. The molecule has 0 radical (unpaired) electrons. The molecule has 1 aromatic rings. The summed E-state index contributed by atoms with van der Waals surface area (Å²) >= 11 is 0. The smallest absolute Gasteiger partial charge is 0.416 e. The van der Waals surface area contributed by atoms with E-state index in [1.54, 1.807) is 6.20 Å². The minimum atomic E-state index is -0.506. The van der Waals surface area contributed by atoms with Crippen LogP contribution in [0, 0.1) is 5.92 Å². The first-order chi connectivity index (χ1) is 12.8. The summed E-state index contributed by atoms with van der Waals surface area (Å²) < 4.78 is 5.72. The predicted molar refractivity (Wildman–Crippen MR) is 109 cm³/mol. The lowest BCUT2D eigenvalue weighted by molar-refractivity contribution is 0.0575. The maximum absolute atomic E-state index is 13.0. The standard InChI is InChI=1S/C22H35N3O2/c1-16(2)15-24-14-7-6-10-19(24)18-9-8-13-23-20(18)25(17-11-12-17)21(26)27-22(3,4)5/h8-9,13,16-17,19H,6-7,10-12,14-15H2,1-5H3. The Morgan fingerprint density at radius 3 is 2.67 bits per heavy atom. The highest BCUT2D eigenvalue weighted by molar-refractivity contribution is 5.89. The van der Waals surface area contributed by atoms with Gasteiger partial charge in [-0.05, 0) is 65.0 Å². The first-order valence-electron chi connectivity index (χ1n) is 10.5. The highest BCUT2D eigenvalue weighted by atomic mass is 16.6. The van der Waals surface area contributed by atoms with Gasteiger partial charge in [-0.2, -0.15) is 0 Å². The van der Waals surface area contributed by atoms with Crippen LogP contribution in [0.5, 0.6) is 0 Å². The number of rotatable bonds is 5. The van der Waals surface area contributed by atoms with Gasteiger partial charge in [0.2, 0.25) is 0 Å². The van der Waals surface area contributed by atoms with Crippen LogP contribution in [0.25, 0.3) is 0 Å². The number of aromatic nitrogens is 1. The van der Waals surface area contributed by atoms with Crippen molar-refractivity contribution in [2.75, 3.05) is 18.0 Å². The Balaban J connectivity index is 1.92. The number of carbonyl (C=O) groups is 1. The number of pyridine rings is 1. The molecule has 0 bridgehead atoms. The third kappa shape index (κ3) is 5.22. The average Bonchev–Trinajstić information content (AvgIpc) is 3.39. The minimum Gasteiger partial charge on any atom is -0.443 e. The SMILES string of the molecule is CC(C)CN1CCCCC1c1cccnc1N(C(=O)OC(C)(C)C)C1CC1. The van der Waals surface area contributed by atoms with E-state index in [0.29, 0.717) is 12.0 Å². The van der Waals surface area contributed by atoms with Crippen molar-refractivity contribution in [3.63, 3.8) is 0 Å². The molecule has 0 N–H and O–H groups in total. The lowest BCUT2D eigenvalue weighted by Gasteiger charge is -2.38. The monoisotopic (exact) mass is 373 g/mol. The van der Waals surface area contributed by atoms with Gasteiger partial charge in [0.25, 0.3) is 0 Å². The van der Waals surface area contributed by atoms with Gasteiger partial charge in [-0.25, -0.2) is 9.78 Å². The molecule has 1 saturated carbocycles. The third-order valence-electron chi connectivity index (χ3n) is 5.12. The van der Waals surface area contributed by atoms with Crippen LogP contribution in [0.4, 0.5) is 10.6 Å². The summed E-state index contributed by atoms with van der Waals surface area (Å²) in [6, 6.07) is 4.70. The van der Waals surface area contributed by atoms with Gasteiger partial charge < -0.3 is 4.74 Å². The van der Waals surface area contributed by atoms with E-state index in [1.165, 1.54) is 18.4 Å². The van der Waals surface area contributed by atoms with Crippen molar-refractivity contribution in [2.24, 2.45) is 5.92 Å². The van der Waals surface area contributed by atoms with E-state index in [1.807, 2.05) is 31.7 Å². The molecule has 3 rings (SSSR count). The van der Waals surface area contributed by atoms with Crippen LogP contribution in [-0.2, 0) is 4.74 Å². The molecule has 1 saturated heterocycles. The second-order valence-electron chi connectivity index (χ2n) is 9.40. The molecule has 5 heteroatoms. The number of amides is 1. The maximum Gasteiger partial charge on any atom is 0.416 e. The van der Waals surface area contributed by atoms with Crippen LogP contribution < -0.4 is 4.90 Å². The van der Waals surface area contributed by atoms with Gasteiger partial charge in [0.1, 0.15) is 11.4 Å². The predicted octanol–water partition coefficient (Wildman–Crippen LogP) is 5.17. The Labute approximate surface area is 164 Å². The number of ether oxygens (including phenoxy) is 1. The molecule has 0 spiro atoms. The zero-order chi connectivity index (χ0) is 19.6. The first-order valence-corrected chi connectivity index (χ1v) is 10.5. The van der Waals surface area contributed by atoms with E-state index >= 15 is 0 Å². The average molecular weight is 374 g/mol. The van der Waals surface area contributed by atoms with Gasteiger partial charge in [0.05, 0.1) is 0 Å². The van der Waals surface area contributed by atoms with Gasteiger partial charge in [-0.15, -0.1) is 0 Å². The maximum atomic E-state index is 13.0. The second-order valence-corrected chi connectivity index (χ2v) is 9.40. The molecule has 2 aliphatic rings. The summed E-state index contributed by atoms with van der Waals surface area (Å²) in [7, 11) is 0. The van der Waals surface area contributed by atoms with Crippen LogP contribution >= 0.6 is 0 Å². The Morgan fingerprint density at radius 2 is 2.04 bits per heavy atom. The Morgan fingerprint density at radius 1 is 1.30 bits per heavy atom. The van der Waals surface area contributed by atoms with E-state index in [0.717, 1.165) is 38.2 Å². The number of nitrogens with zero attached hydrogens (tertiary/aromatic N) is 3. The topological polar surface area (TPSA) is 45.7 Å². The molecule has 1 unspecified atom stereocenters. The molecular weight excluding hydrogens is 338 g/mol. The molecule has 1 aliphatic heterocycles. The van der Waals surface area contributed by atoms with Crippen molar-refractivity contribution >= 4 is 11.9 Å². The summed E-state index contributed by atoms with van der Waals surface area (Å²) in [4.78, 5) is 22.1. The quantitative estimate of drug-likeness (QED) is 0.714. The van der Waals surface area contributed by atoms with Crippen molar-refractivity contribution in [3.05, 3.63) is 23.9 Å². The molecular formula is C22H35N3O2. The molecule has 150 valence electrons. The first kappa shape index (κ1) is 20.1. The molecule has 1 amide bonds. The highest BCUT2D eigenvalue weighted by Crippen LogP contribution is 2.40. The van der Waals surface area contributed by atoms with Crippen molar-refractivity contribution < 1.29 is 9.53 Å². The largest absolute Gasteiger partial charge is 0.443 e. The molecule has 5 nitrogen and oxygen atoms in total. The fourth-order valence-corrected chi connectivity index (χ4v) is 3.95. The molecule has 1 aliphatic carbocycles.